The summed E-state index contributed by atoms with van der Waals surface area (Å²) in [6.45, 7) is 2.21. The Balaban J connectivity index is 0.00000264. The molecule has 3 nitrogen and oxygen atoms in total. The minimum absolute atomic E-state index is 0. The van der Waals surface area contributed by atoms with Gasteiger partial charge >= 0.3 is 0 Å². The van der Waals surface area contributed by atoms with Crippen molar-refractivity contribution in [2.45, 2.75) is 13.3 Å². The molecule has 7 heteroatoms. The number of rotatable bonds is 4. The molecule has 2 aromatic carbocycles. The molecule has 0 fully saturated rings. The predicted octanol–water partition coefficient (Wildman–Crippen LogP) is 4.00. The summed E-state index contributed by atoms with van der Waals surface area (Å²) in [4.78, 5) is 4.06. The summed E-state index contributed by atoms with van der Waals surface area (Å²) in [5.74, 6) is -3.67. The number of nitrogens with two attached hydrogens (primary N) is 1. The van der Waals surface area contributed by atoms with Crippen LogP contribution in [0.3, 0.4) is 0 Å². The van der Waals surface area contributed by atoms with Crippen LogP contribution in [0.25, 0.3) is 0 Å². The largest absolute Gasteiger partial charge is 0.370 e. The quantitative estimate of drug-likeness (QED) is 0.330. The number of nitrogens with one attached hydrogen (secondary N) is 1. The van der Waals surface area contributed by atoms with Crippen molar-refractivity contribution >= 4 is 35.6 Å². The molecule has 0 saturated carbocycles. The van der Waals surface area contributed by atoms with Crippen LogP contribution in [-0.4, -0.2) is 12.5 Å². The van der Waals surface area contributed by atoms with Gasteiger partial charge in [-0.2, -0.15) is 0 Å². The van der Waals surface area contributed by atoms with Crippen LogP contribution in [0.2, 0.25) is 0 Å². The molecule has 0 unspecified atom stereocenters. The lowest BCUT2D eigenvalue weighted by Gasteiger charge is -2.06. The first kappa shape index (κ1) is 19.3. The lowest BCUT2D eigenvalue weighted by molar-refractivity contribution is 0.445. The van der Waals surface area contributed by atoms with Gasteiger partial charge in [-0.05, 0) is 43.2 Å². The first-order valence-corrected chi connectivity index (χ1v) is 6.73. The van der Waals surface area contributed by atoms with E-state index in [-0.39, 0.29) is 42.9 Å². The highest BCUT2D eigenvalue weighted by Gasteiger charge is 2.10. The second-order valence-electron chi connectivity index (χ2n) is 4.88. The SMILES string of the molecule is Cc1ccc(NC(N)=NCCc2cc(F)c(F)c(F)c2)cc1.I. The molecule has 2 rings (SSSR count). The molecule has 0 aliphatic heterocycles. The van der Waals surface area contributed by atoms with E-state index in [2.05, 4.69) is 10.3 Å². The number of nitrogens with zero attached hydrogens (tertiary/aromatic N) is 1. The molecule has 23 heavy (non-hydrogen) atoms. The van der Waals surface area contributed by atoms with Crippen molar-refractivity contribution in [2.24, 2.45) is 10.7 Å². The highest BCUT2D eigenvalue weighted by atomic mass is 127. The summed E-state index contributed by atoms with van der Waals surface area (Å²) in [7, 11) is 0. The minimum Gasteiger partial charge on any atom is -0.370 e. The second-order valence-corrected chi connectivity index (χ2v) is 4.88. The average molecular weight is 435 g/mol. The molecule has 0 aliphatic carbocycles. The first-order valence-electron chi connectivity index (χ1n) is 6.73. The van der Waals surface area contributed by atoms with Crippen molar-refractivity contribution in [3.8, 4) is 0 Å². The van der Waals surface area contributed by atoms with Gasteiger partial charge in [-0.1, -0.05) is 17.7 Å². The van der Waals surface area contributed by atoms with Crippen molar-refractivity contribution in [3.05, 3.63) is 65.0 Å². The molecule has 124 valence electrons. The van der Waals surface area contributed by atoms with Crippen LogP contribution >= 0.6 is 24.0 Å². The number of guanidine groups is 1. The van der Waals surface area contributed by atoms with Crippen LogP contribution in [-0.2, 0) is 6.42 Å². The van der Waals surface area contributed by atoms with E-state index in [9.17, 15) is 13.2 Å². The second kappa shape index (κ2) is 8.76. The summed E-state index contributed by atoms with van der Waals surface area (Å²) >= 11 is 0. The molecule has 0 aromatic heterocycles. The van der Waals surface area contributed by atoms with Crippen molar-refractivity contribution in [1.29, 1.82) is 0 Å². The normalized spacial score (nSPS) is 11.0. The molecule has 0 aliphatic rings. The van der Waals surface area contributed by atoms with Gasteiger partial charge < -0.3 is 11.1 Å². The van der Waals surface area contributed by atoms with Gasteiger partial charge in [0.25, 0.3) is 0 Å². The zero-order chi connectivity index (χ0) is 16.1. The highest BCUT2D eigenvalue weighted by molar-refractivity contribution is 14.0. The van der Waals surface area contributed by atoms with Crippen LogP contribution < -0.4 is 11.1 Å². The van der Waals surface area contributed by atoms with Gasteiger partial charge in [-0.3, -0.25) is 4.99 Å². The number of hydrogen-bond acceptors (Lipinski definition) is 1. The third kappa shape index (κ3) is 5.74. The number of anilines is 1. The molecule has 0 spiro atoms. The summed E-state index contributed by atoms with van der Waals surface area (Å²) < 4.78 is 38.9. The fraction of sp³-hybridized carbons (Fsp3) is 0.188. The Hall–Kier alpha value is -1.77. The Bertz CT molecular complexity index is 664. The van der Waals surface area contributed by atoms with Gasteiger partial charge in [0.05, 0.1) is 0 Å². The van der Waals surface area contributed by atoms with E-state index >= 15 is 0 Å². The number of benzene rings is 2. The van der Waals surface area contributed by atoms with Gasteiger partial charge in [0.15, 0.2) is 23.4 Å². The lowest BCUT2D eigenvalue weighted by atomic mass is 10.1. The van der Waals surface area contributed by atoms with Crippen LogP contribution in [0, 0.1) is 24.4 Å². The number of hydrogen-bond donors (Lipinski definition) is 2. The van der Waals surface area contributed by atoms with Gasteiger partial charge in [0, 0.05) is 12.2 Å². The molecule has 0 bridgehead atoms. The standard InChI is InChI=1S/C16H16F3N3.HI/c1-10-2-4-12(5-3-10)22-16(20)21-7-6-11-8-13(17)15(19)14(18)9-11;/h2-5,8-9H,6-7H2,1H3,(H3,20,21,22);1H. The summed E-state index contributed by atoms with van der Waals surface area (Å²) in [5.41, 5.74) is 7.97. The molecule has 0 saturated heterocycles. The number of aliphatic imine (C=N–C) groups is 1. The number of halogens is 4. The zero-order valence-corrected chi connectivity index (χ0v) is 14.8. The van der Waals surface area contributed by atoms with Gasteiger partial charge in [-0.25, -0.2) is 13.2 Å². The Morgan fingerprint density at radius 3 is 2.22 bits per heavy atom. The molecule has 2 aromatic rings. The average Bonchev–Trinajstić information content (AvgIpc) is 2.47. The zero-order valence-electron chi connectivity index (χ0n) is 12.4. The maximum Gasteiger partial charge on any atom is 0.194 e. The summed E-state index contributed by atoms with van der Waals surface area (Å²) in [6, 6.07) is 9.50. The van der Waals surface area contributed by atoms with E-state index in [0.29, 0.717) is 5.56 Å². The Labute approximate surface area is 149 Å². The molecule has 0 heterocycles. The molecule has 0 radical (unpaired) electrons. The highest BCUT2D eigenvalue weighted by Crippen LogP contribution is 2.14. The fourth-order valence-electron chi connectivity index (χ4n) is 1.88. The third-order valence-electron chi connectivity index (χ3n) is 3.05. The molecular weight excluding hydrogens is 418 g/mol. The molecule has 3 N–H and O–H groups in total. The van der Waals surface area contributed by atoms with E-state index in [1.807, 2.05) is 31.2 Å². The van der Waals surface area contributed by atoms with E-state index in [4.69, 9.17) is 5.73 Å². The van der Waals surface area contributed by atoms with Crippen molar-refractivity contribution in [1.82, 2.24) is 0 Å². The van der Waals surface area contributed by atoms with Crippen LogP contribution in [0.15, 0.2) is 41.4 Å². The molecule has 0 amide bonds. The van der Waals surface area contributed by atoms with Gasteiger partial charge in [0.2, 0.25) is 0 Å². The summed E-state index contributed by atoms with van der Waals surface area (Å²) in [5, 5.41) is 2.91. The van der Waals surface area contributed by atoms with Crippen molar-refractivity contribution in [2.75, 3.05) is 11.9 Å². The topological polar surface area (TPSA) is 50.4 Å². The van der Waals surface area contributed by atoms with Crippen molar-refractivity contribution in [3.63, 3.8) is 0 Å². The van der Waals surface area contributed by atoms with Crippen LogP contribution in [0.5, 0.6) is 0 Å². The Morgan fingerprint density at radius 2 is 1.65 bits per heavy atom. The predicted molar refractivity (Wildman–Crippen MR) is 96.7 cm³/mol. The summed E-state index contributed by atoms with van der Waals surface area (Å²) in [6.07, 6.45) is 0.254. The lowest BCUT2D eigenvalue weighted by Crippen LogP contribution is -2.23. The monoisotopic (exact) mass is 435 g/mol. The third-order valence-corrected chi connectivity index (χ3v) is 3.05. The fourth-order valence-corrected chi connectivity index (χ4v) is 1.88. The number of aryl methyl sites for hydroxylation is 1. The van der Waals surface area contributed by atoms with Crippen molar-refractivity contribution < 1.29 is 13.2 Å². The van der Waals surface area contributed by atoms with E-state index in [0.717, 1.165) is 23.4 Å². The maximum atomic E-state index is 13.1. The maximum absolute atomic E-state index is 13.1. The van der Waals surface area contributed by atoms with Crippen LogP contribution in [0.4, 0.5) is 18.9 Å². The van der Waals surface area contributed by atoms with Gasteiger partial charge in [-0.15, -0.1) is 24.0 Å². The smallest absolute Gasteiger partial charge is 0.194 e. The minimum atomic E-state index is -1.46. The molecule has 0 atom stereocenters. The van der Waals surface area contributed by atoms with Crippen LogP contribution in [0.1, 0.15) is 11.1 Å². The van der Waals surface area contributed by atoms with Gasteiger partial charge in [0.1, 0.15) is 0 Å². The van der Waals surface area contributed by atoms with E-state index in [1.54, 1.807) is 0 Å². The molecular formula is C16H17F3IN3. The van der Waals surface area contributed by atoms with E-state index in [1.165, 1.54) is 0 Å². The Morgan fingerprint density at radius 1 is 1.09 bits per heavy atom. The first-order chi connectivity index (χ1) is 10.5. The Kier molecular flexibility index (Phi) is 7.34. The van der Waals surface area contributed by atoms with E-state index < -0.39 is 17.5 Å².